The number of nitrogens with zero attached hydrogens (tertiary/aromatic N) is 3. The molecule has 2 aromatic rings. The van der Waals surface area contributed by atoms with Gasteiger partial charge in [0.05, 0.1) is 24.8 Å². The monoisotopic (exact) mass is 338 g/mol. The van der Waals surface area contributed by atoms with E-state index in [1.54, 1.807) is 0 Å². The molecule has 1 N–H and O–H groups in total. The summed E-state index contributed by atoms with van der Waals surface area (Å²) in [6.07, 6.45) is 3.76. The van der Waals surface area contributed by atoms with Crippen LogP contribution in [0.1, 0.15) is 22.9 Å². The molecule has 8 heteroatoms. The summed E-state index contributed by atoms with van der Waals surface area (Å²) in [5, 5.41) is 0. The van der Waals surface area contributed by atoms with Crippen LogP contribution in [0.4, 0.5) is 0 Å². The first-order chi connectivity index (χ1) is 10.8. The number of imidazole rings is 1. The van der Waals surface area contributed by atoms with E-state index in [0.717, 1.165) is 29.3 Å². The van der Waals surface area contributed by atoms with Crippen LogP contribution in [0, 0.1) is 6.92 Å². The summed E-state index contributed by atoms with van der Waals surface area (Å²) in [4.78, 5) is 6.66. The zero-order chi connectivity index (χ0) is 16.6. The van der Waals surface area contributed by atoms with Crippen molar-refractivity contribution in [1.29, 1.82) is 0 Å². The average molecular weight is 338 g/mol. The molecule has 7 nitrogen and oxygen atoms in total. The minimum atomic E-state index is -3.21. The van der Waals surface area contributed by atoms with Gasteiger partial charge in [-0.15, -0.1) is 0 Å². The molecule has 0 bridgehead atoms. The Bertz CT molecular complexity index is 794. The topological polar surface area (TPSA) is 80.4 Å². The second kappa shape index (κ2) is 6.10. The van der Waals surface area contributed by atoms with Gasteiger partial charge in [0.25, 0.3) is 0 Å². The van der Waals surface area contributed by atoms with Crippen molar-refractivity contribution < 1.29 is 12.8 Å². The fourth-order valence-electron chi connectivity index (χ4n) is 2.98. The van der Waals surface area contributed by atoms with Gasteiger partial charge in [0, 0.05) is 38.3 Å². The molecule has 0 saturated carbocycles. The molecule has 0 unspecified atom stereocenters. The number of aromatic nitrogens is 2. The first-order valence-corrected chi connectivity index (χ1v) is 9.44. The van der Waals surface area contributed by atoms with Crippen LogP contribution in [-0.2, 0) is 36.6 Å². The van der Waals surface area contributed by atoms with Gasteiger partial charge in [-0.25, -0.2) is 18.1 Å². The van der Waals surface area contributed by atoms with E-state index < -0.39 is 10.0 Å². The molecule has 0 fully saturated rings. The number of hydrogen-bond acceptors (Lipinski definition) is 5. The number of sulfonamides is 1. The number of fused-ring (bicyclic) bond motifs is 1. The first-order valence-electron chi connectivity index (χ1n) is 7.55. The van der Waals surface area contributed by atoms with E-state index in [-0.39, 0.29) is 6.04 Å². The van der Waals surface area contributed by atoms with E-state index in [1.165, 1.54) is 6.26 Å². The van der Waals surface area contributed by atoms with Crippen molar-refractivity contribution in [1.82, 2.24) is 19.2 Å². The lowest BCUT2D eigenvalue weighted by atomic mass is 10.0. The Morgan fingerprint density at radius 1 is 1.43 bits per heavy atom. The molecule has 0 spiro atoms. The lowest BCUT2D eigenvalue weighted by Gasteiger charge is -2.34. The van der Waals surface area contributed by atoms with E-state index in [1.807, 2.05) is 37.0 Å². The molecule has 1 atom stereocenters. The zero-order valence-corrected chi connectivity index (χ0v) is 14.4. The molecule has 1 aliphatic rings. The van der Waals surface area contributed by atoms with Crippen LogP contribution in [0.3, 0.4) is 0 Å². The second-order valence-electron chi connectivity index (χ2n) is 6.14. The van der Waals surface area contributed by atoms with Crippen LogP contribution in [0.25, 0.3) is 0 Å². The van der Waals surface area contributed by atoms with Crippen LogP contribution < -0.4 is 4.72 Å². The molecule has 0 saturated heterocycles. The highest BCUT2D eigenvalue weighted by molar-refractivity contribution is 7.88. The molecular weight excluding hydrogens is 316 g/mol. The quantitative estimate of drug-likeness (QED) is 0.872. The fraction of sp³-hybridized carbons (Fsp3) is 0.533. The summed E-state index contributed by atoms with van der Waals surface area (Å²) in [6, 6.07) is 3.97. The van der Waals surface area contributed by atoms with Crippen molar-refractivity contribution in [2.24, 2.45) is 7.05 Å². The smallest absolute Gasteiger partial charge is 0.208 e. The second-order valence-corrected chi connectivity index (χ2v) is 7.98. The third-order valence-corrected chi connectivity index (χ3v) is 4.87. The summed E-state index contributed by atoms with van der Waals surface area (Å²) in [7, 11) is -1.24. The molecule has 0 aliphatic carbocycles. The molecule has 3 rings (SSSR count). The minimum Gasteiger partial charge on any atom is -0.465 e. The van der Waals surface area contributed by atoms with Gasteiger partial charge in [0.15, 0.2) is 0 Å². The SMILES string of the molecule is Cc1ccc(CN2Cc3ncn(C)c3C[C@H]2CNS(C)(=O)=O)o1. The van der Waals surface area contributed by atoms with Crippen molar-refractivity contribution in [2.45, 2.75) is 32.5 Å². The predicted octanol–water partition coefficient (Wildman–Crippen LogP) is 0.798. The molecule has 23 heavy (non-hydrogen) atoms. The number of hydrogen-bond donors (Lipinski definition) is 1. The van der Waals surface area contributed by atoms with Crippen LogP contribution in [-0.4, -0.2) is 41.7 Å². The Hall–Kier alpha value is -1.64. The Kier molecular flexibility index (Phi) is 4.31. The Morgan fingerprint density at radius 2 is 2.22 bits per heavy atom. The van der Waals surface area contributed by atoms with Crippen LogP contribution in [0.2, 0.25) is 0 Å². The normalized spacial score (nSPS) is 19.0. The van der Waals surface area contributed by atoms with Crippen LogP contribution in [0.5, 0.6) is 0 Å². The number of nitrogens with one attached hydrogen (secondary N) is 1. The molecule has 0 aromatic carbocycles. The maximum absolute atomic E-state index is 11.4. The lowest BCUT2D eigenvalue weighted by Crippen LogP contribution is -2.47. The average Bonchev–Trinajstić information content (AvgIpc) is 3.02. The van der Waals surface area contributed by atoms with Crippen LogP contribution in [0.15, 0.2) is 22.9 Å². The maximum Gasteiger partial charge on any atom is 0.208 e. The van der Waals surface area contributed by atoms with Gasteiger partial charge < -0.3 is 8.98 Å². The fourth-order valence-corrected chi connectivity index (χ4v) is 3.47. The number of rotatable bonds is 5. The molecule has 2 aromatic heterocycles. The van der Waals surface area contributed by atoms with E-state index in [4.69, 9.17) is 4.42 Å². The summed E-state index contributed by atoms with van der Waals surface area (Å²) in [5.41, 5.74) is 2.21. The molecule has 0 amide bonds. The highest BCUT2D eigenvalue weighted by atomic mass is 32.2. The van der Waals surface area contributed by atoms with Crippen molar-refractivity contribution in [3.63, 3.8) is 0 Å². The van der Waals surface area contributed by atoms with E-state index in [9.17, 15) is 8.42 Å². The minimum absolute atomic E-state index is 0.0676. The molecular formula is C15H22N4O3S. The predicted molar refractivity (Wildman–Crippen MR) is 86.2 cm³/mol. The van der Waals surface area contributed by atoms with Gasteiger partial charge in [0.1, 0.15) is 11.5 Å². The summed E-state index contributed by atoms with van der Waals surface area (Å²) < 4.78 is 33.2. The summed E-state index contributed by atoms with van der Waals surface area (Å²) in [5.74, 6) is 1.76. The van der Waals surface area contributed by atoms with Gasteiger partial charge in [0.2, 0.25) is 10.0 Å². The summed E-state index contributed by atoms with van der Waals surface area (Å²) in [6.45, 7) is 3.62. The van der Waals surface area contributed by atoms with Gasteiger partial charge in [-0.3, -0.25) is 4.90 Å². The van der Waals surface area contributed by atoms with Crippen molar-refractivity contribution in [3.05, 3.63) is 41.4 Å². The number of furan rings is 1. The van der Waals surface area contributed by atoms with Gasteiger partial charge in [-0.05, 0) is 19.1 Å². The third-order valence-electron chi connectivity index (χ3n) is 4.18. The first kappa shape index (κ1) is 16.2. The lowest BCUT2D eigenvalue weighted by molar-refractivity contribution is 0.147. The maximum atomic E-state index is 11.4. The van der Waals surface area contributed by atoms with E-state index in [0.29, 0.717) is 19.6 Å². The molecule has 0 radical (unpaired) electrons. The Labute approximate surface area is 136 Å². The zero-order valence-electron chi connectivity index (χ0n) is 13.6. The van der Waals surface area contributed by atoms with Crippen molar-refractivity contribution >= 4 is 10.0 Å². The largest absolute Gasteiger partial charge is 0.465 e. The van der Waals surface area contributed by atoms with Gasteiger partial charge >= 0.3 is 0 Å². The van der Waals surface area contributed by atoms with E-state index >= 15 is 0 Å². The molecule has 1 aliphatic heterocycles. The Morgan fingerprint density at radius 3 is 2.87 bits per heavy atom. The van der Waals surface area contributed by atoms with E-state index in [2.05, 4.69) is 14.6 Å². The van der Waals surface area contributed by atoms with Crippen LogP contribution >= 0.6 is 0 Å². The standard InChI is InChI=1S/C15H22N4O3S/c1-11-4-5-13(22-11)8-19-9-14-15(18(2)10-16-14)6-12(19)7-17-23(3,20)21/h4-5,10,12,17H,6-9H2,1-3H3/t12-/m0/s1. The summed E-state index contributed by atoms with van der Waals surface area (Å²) >= 11 is 0. The molecule has 126 valence electrons. The van der Waals surface area contributed by atoms with Gasteiger partial charge in [-0.1, -0.05) is 0 Å². The Balaban J connectivity index is 1.80. The molecule has 3 heterocycles. The number of aryl methyl sites for hydroxylation is 2. The van der Waals surface area contributed by atoms with Crippen molar-refractivity contribution in [3.8, 4) is 0 Å². The van der Waals surface area contributed by atoms with Crippen molar-refractivity contribution in [2.75, 3.05) is 12.8 Å². The van der Waals surface area contributed by atoms with Gasteiger partial charge in [-0.2, -0.15) is 0 Å². The highest BCUT2D eigenvalue weighted by Crippen LogP contribution is 2.24. The highest BCUT2D eigenvalue weighted by Gasteiger charge is 2.30. The third kappa shape index (κ3) is 3.82.